The maximum atomic E-state index is 13.6. The minimum absolute atomic E-state index is 0.0570. The molecule has 0 unspecified atom stereocenters. The average molecular weight is 479 g/mol. The zero-order valence-corrected chi connectivity index (χ0v) is 19.8. The highest BCUT2D eigenvalue weighted by Crippen LogP contribution is 2.23. The van der Waals surface area contributed by atoms with Crippen molar-refractivity contribution in [1.82, 2.24) is 9.29 Å². The lowest BCUT2D eigenvalue weighted by atomic mass is 10.1. The lowest BCUT2D eigenvalue weighted by molar-refractivity contribution is 0.406. The Labute approximate surface area is 198 Å². The van der Waals surface area contributed by atoms with Crippen LogP contribution in [-0.2, 0) is 23.0 Å². The van der Waals surface area contributed by atoms with Gasteiger partial charge in [-0.2, -0.15) is 4.31 Å². The van der Waals surface area contributed by atoms with Crippen LogP contribution >= 0.6 is 0 Å². The molecule has 0 fully saturated rings. The van der Waals surface area contributed by atoms with E-state index in [2.05, 4.69) is 4.98 Å². The largest absolute Gasteiger partial charge is 0.497 e. The van der Waals surface area contributed by atoms with Gasteiger partial charge in [0.1, 0.15) is 11.5 Å². The molecule has 0 radical (unpaired) electrons. The first kappa shape index (κ1) is 23.5. The van der Waals surface area contributed by atoms with Crippen molar-refractivity contribution in [2.24, 2.45) is 0 Å². The van der Waals surface area contributed by atoms with Crippen LogP contribution in [-0.4, -0.2) is 38.5 Å². The fraction of sp³-hybridized carbons (Fsp3) is 0.192. The molecule has 4 rings (SSSR count). The molecular weight excluding hydrogens is 452 g/mol. The van der Waals surface area contributed by atoms with E-state index in [-0.39, 0.29) is 23.5 Å². The molecule has 1 heterocycles. The molecular formula is C26H26N2O5S. The van der Waals surface area contributed by atoms with Crippen molar-refractivity contribution in [3.8, 4) is 11.5 Å². The van der Waals surface area contributed by atoms with Crippen LogP contribution in [0.4, 0.5) is 0 Å². The van der Waals surface area contributed by atoms with E-state index in [1.165, 1.54) is 23.5 Å². The number of nitrogens with zero attached hydrogens (tertiary/aromatic N) is 1. The summed E-state index contributed by atoms with van der Waals surface area (Å²) in [5, 5.41) is 0.792. The third-order valence-electron chi connectivity index (χ3n) is 5.67. The summed E-state index contributed by atoms with van der Waals surface area (Å²) in [6.45, 7) is 0.164. The number of ether oxygens (including phenoxy) is 2. The molecule has 3 aromatic carbocycles. The summed E-state index contributed by atoms with van der Waals surface area (Å²) in [7, 11) is -0.787. The Bertz CT molecular complexity index is 1430. The number of nitrogens with one attached hydrogen (secondary N) is 1. The van der Waals surface area contributed by atoms with Gasteiger partial charge < -0.3 is 14.5 Å². The molecule has 176 valence electrons. The molecule has 0 amide bonds. The zero-order valence-electron chi connectivity index (χ0n) is 19.0. The van der Waals surface area contributed by atoms with Crippen LogP contribution in [0, 0.1) is 0 Å². The lowest BCUT2D eigenvalue weighted by Crippen LogP contribution is -2.34. The van der Waals surface area contributed by atoms with Crippen molar-refractivity contribution in [2.75, 3.05) is 20.8 Å². The Hall–Kier alpha value is -3.62. The number of sulfonamides is 1. The summed E-state index contributed by atoms with van der Waals surface area (Å²) >= 11 is 0. The number of rotatable bonds is 9. The van der Waals surface area contributed by atoms with Crippen LogP contribution in [0.1, 0.15) is 11.1 Å². The van der Waals surface area contributed by atoms with Gasteiger partial charge in [0.15, 0.2) is 0 Å². The van der Waals surface area contributed by atoms with Crippen molar-refractivity contribution in [3.63, 3.8) is 0 Å². The van der Waals surface area contributed by atoms with Crippen molar-refractivity contribution in [1.29, 1.82) is 0 Å². The Morgan fingerprint density at radius 2 is 1.53 bits per heavy atom. The molecule has 0 atom stereocenters. The number of hydrogen-bond acceptors (Lipinski definition) is 5. The summed E-state index contributed by atoms with van der Waals surface area (Å²) < 4.78 is 38.9. The molecule has 7 nitrogen and oxygen atoms in total. The number of methoxy groups -OCH3 is 2. The minimum Gasteiger partial charge on any atom is -0.497 e. The van der Waals surface area contributed by atoms with Gasteiger partial charge in [0.05, 0.1) is 24.6 Å². The molecule has 4 aromatic rings. The number of aromatic nitrogens is 1. The Morgan fingerprint density at radius 3 is 2.21 bits per heavy atom. The van der Waals surface area contributed by atoms with Gasteiger partial charge in [-0.25, -0.2) is 8.42 Å². The van der Waals surface area contributed by atoms with Gasteiger partial charge in [-0.15, -0.1) is 0 Å². The predicted molar refractivity (Wildman–Crippen MR) is 132 cm³/mol. The molecule has 0 aliphatic heterocycles. The fourth-order valence-corrected chi connectivity index (χ4v) is 5.16. The number of aromatic amines is 1. The van der Waals surface area contributed by atoms with Gasteiger partial charge in [0, 0.05) is 24.7 Å². The van der Waals surface area contributed by atoms with Crippen LogP contribution in [0.15, 0.2) is 88.6 Å². The molecule has 0 saturated heterocycles. The standard InChI is InChI=1S/C26H26N2O5S/c1-32-22-10-12-24(13-11-22)34(30,31)28(15-14-19-6-4-3-5-7-19)18-21-16-20-8-9-23(33-2)17-25(20)27-26(21)29/h3-13,16-17H,14-15,18H2,1-2H3,(H,27,29). The van der Waals surface area contributed by atoms with Crippen LogP contribution < -0.4 is 15.0 Å². The molecule has 0 spiro atoms. The Morgan fingerprint density at radius 1 is 0.853 bits per heavy atom. The highest BCUT2D eigenvalue weighted by atomic mass is 32.2. The van der Waals surface area contributed by atoms with Crippen LogP contribution in [0.3, 0.4) is 0 Å². The first-order valence-electron chi connectivity index (χ1n) is 10.8. The highest BCUT2D eigenvalue weighted by Gasteiger charge is 2.25. The number of hydrogen-bond donors (Lipinski definition) is 1. The Balaban J connectivity index is 1.70. The summed E-state index contributed by atoms with van der Waals surface area (Å²) in [6.07, 6.45) is 0.513. The highest BCUT2D eigenvalue weighted by molar-refractivity contribution is 7.89. The molecule has 34 heavy (non-hydrogen) atoms. The quantitative estimate of drug-likeness (QED) is 0.393. The summed E-state index contributed by atoms with van der Waals surface area (Å²) in [6, 6.07) is 23.0. The van der Waals surface area contributed by atoms with Crippen molar-refractivity contribution in [3.05, 3.63) is 100 Å². The summed E-state index contributed by atoms with van der Waals surface area (Å²) in [5.41, 5.74) is 1.66. The van der Waals surface area contributed by atoms with Crippen LogP contribution in [0.2, 0.25) is 0 Å². The van der Waals surface area contributed by atoms with E-state index < -0.39 is 10.0 Å². The topological polar surface area (TPSA) is 88.7 Å². The van der Waals surface area contributed by atoms with E-state index in [1.54, 1.807) is 37.4 Å². The van der Waals surface area contributed by atoms with Gasteiger partial charge in [-0.05, 0) is 59.8 Å². The fourth-order valence-electron chi connectivity index (χ4n) is 3.74. The molecule has 0 saturated carbocycles. The third-order valence-corrected chi connectivity index (χ3v) is 7.53. The molecule has 0 bridgehead atoms. The first-order valence-corrected chi connectivity index (χ1v) is 12.2. The Kier molecular flexibility index (Phi) is 7.00. The van der Waals surface area contributed by atoms with Crippen LogP contribution in [0.5, 0.6) is 11.5 Å². The van der Waals surface area contributed by atoms with Crippen LogP contribution in [0.25, 0.3) is 10.9 Å². The SMILES string of the molecule is COc1ccc(S(=O)(=O)N(CCc2ccccc2)Cc2cc3ccc(OC)cc3[nH]c2=O)cc1. The molecule has 0 aliphatic carbocycles. The van der Waals surface area contributed by atoms with Crippen molar-refractivity contribution >= 4 is 20.9 Å². The summed E-state index contributed by atoms with van der Waals surface area (Å²) in [4.78, 5) is 15.8. The average Bonchev–Trinajstić information content (AvgIpc) is 2.86. The monoisotopic (exact) mass is 478 g/mol. The zero-order chi connectivity index (χ0) is 24.1. The van der Waals surface area contributed by atoms with E-state index in [4.69, 9.17) is 9.47 Å². The normalized spacial score (nSPS) is 11.6. The molecule has 8 heteroatoms. The van der Waals surface area contributed by atoms with E-state index in [0.29, 0.717) is 29.0 Å². The maximum absolute atomic E-state index is 13.6. The van der Waals surface area contributed by atoms with Crippen molar-refractivity contribution < 1.29 is 17.9 Å². The second-order valence-corrected chi connectivity index (χ2v) is 9.76. The molecule has 0 aliphatic rings. The van der Waals surface area contributed by atoms with E-state index >= 15 is 0 Å². The molecule has 1 N–H and O–H groups in total. The van der Waals surface area contributed by atoms with E-state index in [0.717, 1.165) is 10.9 Å². The van der Waals surface area contributed by atoms with E-state index in [1.807, 2.05) is 36.4 Å². The lowest BCUT2D eigenvalue weighted by Gasteiger charge is -2.22. The number of benzene rings is 3. The second kappa shape index (κ2) is 10.1. The summed E-state index contributed by atoms with van der Waals surface area (Å²) in [5.74, 6) is 1.19. The van der Waals surface area contributed by atoms with Gasteiger partial charge in [-0.1, -0.05) is 30.3 Å². The predicted octanol–water partition coefficient (Wildman–Crippen LogP) is 3.98. The van der Waals surface area contributed by atoms with Gasteiger partial charge >= 0.3 is 0 Å². The van der Waals surface area contributed by atoms with Gasteiger partial charge in [-0.3, -0.25) is 4.79 Å². The smallest absolute Gasteiger partial charge is 0.252 e. The minimum atomic E-state index is -3.87. The van der Waals surface area contributed by atoms with Crippen molar-refractivity contribution in [2.45, 2.75) is 17.9 Å². The van der Waals surface area contributed by atoms with Gasteiger partial charge in [0.25, 0.3) is 5.56 Å². The number of pyridine rings is 1. The first-order chi connectivity index (χ1) is 16.4. The number of fused-ring (bicyclic) bond motifs is 1. The molecule has 1 aromatic heterocycles. The number of H-pyrrole nitrogens is 1. The maximum Gasteiger partial charge on any atom is 0.252 e. The van der Waals surface area contributed by atoms with E-state index in [9.17, 15) is 13.2 Å². The third kappa shape index (κ3) is 5.13. The van der Waals surface area contributed by atoms with Gasteiger partial charge in [0.2, 0.25) is 10.0 Å². The second-order valence-electron chi connectivity index (χ2n) is 7.83.